The van der Waals surface area contributed by atoms with Gasteiger partial charge in [-0.25, -0.2) is 0 Å². The van der Waals surface area contributed by atoms with Gasteiger partial charge in [-0.1, -0.05) is 23.2 Å². The van der Waals surface area contributed by atoms with Crippen LogP contribution in [0.2, 0.25) is 10.0 Å². The van der Waals surface area contributed by atoms with Crippen molar-refractivity contribution in [3.05, 3.63) is 28.2 Å². The average Bonchev–Trinajstić information content (AvgIpc) is 2.44. The molecule has 0 amide bonds. The van der Waals surface area contributed by atoms with Gasteiger partial charge in [0, 0.05) is 24.6 Å². The Hall–Kier alpha value is -0.520. The number of quaternary nitrogens is 1. The Morgan fingerprint density at radius 3 is 2.70 bits per heavy atom. The van der Waals surface area contributed by atoms with Gasteiger partial charge in [0.05, 0.1) is 37.9 Å². The van der Waals surface area contributed by atoms with Crippen molar-refractivity contribution in [3.63, 3.8) is 0 Å². The Balaban J connectivity index is 1.98. The maximum absolute atomic E-state index is 5.98. The van der Waals surface area contributed by atoms with E-state index in [0.717, 1.165) is 26.1 Å². The Morgan fingerprint density at radius 1 is 1.05 bits per heavy atom. The highest BCUT2D eigenvalue weighted by Gasteiger charge is 2.02. The van der Waals surface area contributed by atoms with Crippen LogP contribution < -0.4 is 10.1 Å². The van der Waals surface area contributed by atoms with Crippen molar-refractivity contribution in [2.75, 3.05) is 46.6 Å². The summed E-state index contributed by atoms with van der Waals surface area (Å²) in [5, 5.41) is 3.38. The molecule has 0 radical (unpaired) electrons. The number of hydrogen-bond acceptors (Lipinski definition) is 3. The van der Waals surface area contributed by atoms with E-state index >= 15 is 0 Å². The van der Waals surface area contributed by atoms with E-state index in [1.165, 1.54) is 0 Å². The van der Waals surface area contributed by atoms with Crippen LogP contribution in [0.25, 0.3) is 0 Å². The lowest BCUT2D eigenvalue weighted by atomic mass is 10.3. The molecule has 20 heavy (non-hydrogen) atoms. The van der Waals surface area contributed by atoms with Crippen LogP contribution in [0, 0.1) is 0 Å². The lowest BCUT2D eigenvalue weighted by Gasteiger charge is -2.08. The third-order valence-electron chi connectivity index (χ3n) is 2.60. The monoisotopic (exact) mass is 322 g/mol. The summed E-state index contributed by atoms with van der Waals surface area (Å²) in [5.74, 6) is 0.592. The largest absolute Gasteiger partial charge is 0.490 e. The number of rotatable bonds is 11. The standard InChI is InChI=1S/C14H21Cl2NO3/c1-18-7-2-5-17-6-8-19-9-10-20-14-11-12(15)3-4-13(14)16/h3-4,11,17H,2,5-10H2,1H3/p+1. The molecule has 1 rings (SSSR count). The third kappa shape index (κ3) is 7.92. The molecule has 0 aliphatic rings. The van der Waals surface area contributed by atoms with Gasteiger partial charge >= 0.3 is 0 Å². The fourth-order valence-corrected chi connectivity index (χ4v) is 1.92. The second kappa shape index (κ2) is 11.2. The fourth-order valence-electron chi connectivity index (χ4n) is 1.58. The molecule has 1 aromatic rings. The molecule has 0 saturated carbocycles. The minimum atomic E-state index is 0.462. The average molecular weight is 323 g/mol. The van der Waals surface area contributed by atoms with E-state index in [2.05, 4.69) is 5.32 Å². The van der Waals surface area contributed by atoms with Crippen molar-refractivity contribution in [3.8, 4) is 5.75 Å². The van der Waals surface area contributed by atoms with Gasteiger partial charge in [-0.15, -0.1) is 0 Å². The molecule has 0 bridgehead atoms. The summed E-state index contributed by atoms with van der Waals surface area (Å²) in [5.41, 5.74) is 0. The van der Waals surface area contributed by atoms with Crippen molar-refractivity contribution < 1.29 is 19.5 Å². The summed E-state index contributed by atoms with van der Waals surface area (Å²) in [6.07, 6.45) is 1.06. The highest BCUT2D eigenvalue weighted by Crippen LogP contribution is 2.27. The van der Waals surface area contributed by atoms with Crippen LogP contribution in [-0.2, 0) is 9.47 Å². The maximum Gasteiger partial charge on any atom is 0.139 e. The maximum atomic E-state index is 5.98. The Labute approximate surface area is 130 Å². The molecule has 0 fully saturated rings. The van der Waals surface area contributed by atoms with E-state index in [0.29, 0.717) is 35.6 Å². The predicted octanol–water partition coefficient (Wildman–Crippen LogP) is 1.99. The summed E-state index contributed by atoms with van der Waals surface area (Å²) in [4.78, 5) is 0. The lowest BCUT2D eigenvalue weighted by Crippen LogP contribution is -2.85. The van der Waals surface area contributed by atoms with Crippen LogP contribution in [0.4, 0.5) is 0 Å². The number of halogens is 2. The van der Waals surface area contributed by atoms with Crippen molar-refractivity contribution in [2.24, 2.45) is 0 Å². The summed E-state index contributed by atoms with van der Waals surface area (Å²) in [6.45, 7) is 4.52. The summed E-state index contributed by atoms with van der Waals surface area (Å²) < 4.78 is 16.0. The minimum absolute atomic E-state index is 0.462. The molecule has 114 valence electrons. The zero-order valence-electron chi connectivity index (χ0n) is 11.7. The van der Waals surface area contributed by atoms with E-state index in [4.69, 9.17) is 37.4 Å². The van der Waals surface area contributed by atoms with Gasteiger partial charge < -0.3 is 19.5 Å². The second-order valence-electron chi connectivity index (χ2n) is 4.25. The van der Waals surface area contributed by atoms with Gasteiger partial charge in [-0.2, -0.15) is 0 Å². The lowest BCUT2D eigenvalue weighted by molar-refractivity contribution is -0.656. The second-order valence-corrected chi connectivity index (χ2v) is 5.09. The molecule has 4 nitrogen and oxygen atoms in total. The number of ether oxygens (including phenoxy) is 3. The van der Waals surface area contributed by atoms with Crippen molar-refractivity contribution in [1.82, 2.24) is 0 Å². The van der Waals surface area contributed by atoms with E-state index in [-0.39, 0.29) is 0 Å². The summed E-state index contributed by atoms with van der Waals surface area (Å²) in [6, 6.07) is 5.15. The quantitative estimate of drug-likeness (QED) is 0.634. The Bertz CT molecular complexity index is 377. The van der Waals surface area contributed by atoms with Gasteiger partial charge in [-0.3, -0.25) is 0 Å². The predicted molar refractivity (Wildman–Crippen MR) is 80.9 cm³/mol. The normalized spacial score (nSPS) is 10.8. The number of nitrogens with two attached hydrogens (primary N) is 1. The van der Waals surface area contributed by atoms with E-state index < -0.39 is 0 Å². The van der Waals surface area contributed by atoms with Gasteiger partial charge in [-0.05, 0) is 12.1 Å². The van der Waals surface area contributed by atoms with E-state index in [1.54, 1.807) is 25.3 Å². The molecule has 2 N–H and O–H groups in total. The molecule has 0 atom stereocenters. The van der Waals surface area contributed by atoms with Crippen LogP contribution in [0.3, 0.4) is 0 Å². The van der Waals surface area contributed by atoms with Crippen molar-refractivity contribution >= 4 is 23.2 Å². The first-order valence-corrected chi connectivity index (χ1v) is 7.46. The fraction of sp³-hybridized carbons (Fsp3) is 0.571. The van der Waals surface area contributed by atoms with Crippen LogP contribution in [0.5, 0.6) is 5.75 Å². The van der Waals surface area contributed by atoms with Gasteiger partial charge in [0.25, 0.3) is 0 Å². The molecule has 1 aromatic carbocycles. The van der Waals surface area contributed by atoms with Crippen LogP contribution in [0.15, 0.2) is 18.2 Å². The first kappa shape index (κ1) is 17.5. The SMILES string of the molecule is COCCC[NH2+]CCOCCOc1cc(Cl)ccc1Cl. The molecular formula is C14H22Cl2NO3+. The summed E-state index contributed by atoms with van der Waals surface area (Å²) in [7, 11) is 1.72. The molecule has 0 aliphatic carbocycles. The minimum Gasteiger partial charge on any atom is -0.490 e. The van der Waals surface area contributed by atoms with Gasteiger partial charge in [0.15, 0.2) is 0 Å². The van der Waals surface area contributed by atoms with Crippen LogP contribution in [0.1, 0.15) is 6.42 Å². The molecule has 0 unspecified atom stereocenters. The molecule has 0 aromatic heterocycles. The van der Waals surface area contributed by atoms with Gasteiger partial charge in [0.1, 0.15) is 12.4 Å². The van der Waals surface area contributed by atoms with Crippen molar-refractivity contribution in [1.29, 1.82) is 0 Å². The van der Waals surface area contributed by atoms with E-state index in [9.17, 15) is 0 Å². The molecular weight excluding hydrogens is 301 g/mol. The summed E-state index contributed by atoms with van der Waals surface area (Å²) >= 11 is 11.8. The van der Waals surface area contributed by atoms with Crippen molar-refractivity contribution in [2.45, 2.75) is 6.42 Å². The highest BCUT2D eigenvalue weighted by atomic mass is 35.5. The Morgan fingerprint density at radius 2 is 1.90 bits per heavy atom. The molecule has 0 saturated heterocycles. The highest BCUT2D eigenvalue weighted by molar-refractivity contribution is 6.34. The topological polar surface area (TPSA) is 44.3 Å². The van der Waals surface area contributed by atoms with Gasteiger partial charge in [0.2, 0.25) is 0 Å². The van der Waals surface area contributed by atoms with Crippen LogP contribution >= 0.6 is 23.2 Å². The first-order valence-electron chi connectivity index (χ1n) is 6.70. The smallest absolute Gasteiger partial charge is 0.139 e. The third-order valence-corrected chi connectivity index (χ3v) is 3.15. The molecule has 0 aliphatic heterocycles. The van der Waals surface area contributed by atoms with E-state index in [1.807, 2.05) is 0 Å². The first-order chi connectivity index (χ1) is 9.74. The van der Waals surface area contributed by atoms with Crippen LogP contribution in [-0.4, -0.2) is 46.6 Å². The number of benzene rings is 1. The number of methoxy groups -OCH3 is 1. The molecule has 0 heterocycles. The molecule has 6 heteroatoms. The zero-order chi connectivity index (χ0) is 14.6. The Kier molecular flexibility index (Phi) is 9.79. The zero-order valence-corrected chi connectivity index (χ0v) is 13.3. The number of hydrogen-bond donors (Lipinski definition) is 1. The molecule has 0 spiro atoms.